The summed E-state index contributed by atoms with van der Waals surface area (Å²) in [6.07, 6.45) is -3.25. The first-order valence-electron chi connectivity index (χ1n) is 1.91. The summed E-state index contributed by atoms with van der Waals surface area (Å²) < 4.78 is 4.23. The first kappa shape index (κ1) is 4.99. The van der Waals surface area contributed by atoms with Gasteiger partial charge < -0.3 is 20.1 Å². The predicted molar refractivity (Wildman–Crippen MR) is 19.1 cm³/mol. The summed E-state index contributed by atoms with van der Waals surface area (Å²) in [5.74, 6) is 0. The van der Waals surface area contributed by atoms with Crippen molar-refractivity contribution in [1.82, 2.24) is 0 Å². The molecule has 0 aromatic carbocycles. The number of ether oxygens (including phenoxy) is 1. The Morgan fingerprint density at radius 2 is 1.86 bits per heavy atom. The van der Waals surface area contributed by atoms with E-state index in [2.05, 4.69) is 4.74 Å². The summed E-state index contributed by atoms with van der Waals surface area (Å²) in [5.41, 5.74) is 0. The van der Waals surface area contributed by atoms with Gasteiger partial charge in [0, 0.05) is 0 Å². The van der Waals surface area contributed by atoms with Gasteiger partial charge in [-0.25, -0.2) is 0 Å². The third-order valence-electron chi connectivity index (χ3n) is 0.795. The van der Waals surface area contributed by atoms with Crippen LogP contribution in [0.4, 0.5) is 0 Å². The van der Waals surface area contributed by atoms with Crippen molar-refractivity contribution in [3.8, 4) is 0 Å². The monoisotopic (exact) mass is 106 g/mol. The maximum Gasteiger partial charge on any atom is 0.187 e. The Morgan fingerprint density at radius 3 is 1.86 bits per heavy atom. The molecule has 1 saturated heterocycles. The third kappa shape index (κ3) is 0.889. The highest BCUT2D eigenvalue weighted by molar-refractivity contribution is 4.75. The molecule has 1 fully saturated rings. The van der Waals surface area contributed by atoms with E-state index in [-0.39, 0.29) is 0 Å². The minimum Gasteiger partial charge on any atom is -0.366 e. The fourth-order valence-corrected chi connectivity index (χ4v) is 0.333. The lowest BCUT2D eigenvalue weighted by molar-refractivity contribution is -0.0588. The highest BCUT2D eigenvalue weighted by atomic mass is 16.7. The molecular formula is C3H6O4. The molecule has 0 radical (unpaired) electrons. The molecule has 0 bridgehead atoms. The molecule has 0 aromatic heterocycles. The number of epoxide rings is 1. The van der Waals surface area contributed by atoms with Crippen LogP contribution in [0.15, 0.2) is 0 Å². The van der Waals surface area contributed by atoms with Crippen LogP contribution in [-0.2, 0) is 4.74 Å². The van der Waals surface area contributed by atoms with Crippen LogP contribution in [0.2, 0.25) is 0 Å². The Hall–Kier alpha value is -0.160. The molecule has 0 aliphatic carbocycles. The molecule has 2 atom stereocenters. The number of rotatable bonds is 1. The van der Waals surface area contributed by atoms with Gasteiger partial charge in [0.1, 0.15) is 0 Å². The van der Waals surface area contributed by atoms with Gasteiger partial charge in [-0.15, -0.1) is 0 Å². The lowest BCUT2D eigenvalue weighted by atomic mass is 10.4. The van der Waals surface area contributed by atoms with Crippen molar-refractivity contribution in [2.75, 3.05) is 0 Å². The molecule has 1 aliphatic heterocycles. The van der Waals surface area contributed by atoms with Crippen LogP contribution in [0, 0.1) is 0 Å². The van der Waals surface area contributed by atoms with E-state index in [4.69, 9.17) is 15.3 Å². The molecule has 3 N–H and O–H groups in total. The largest absolute Gasteiger partial charge is 0.366 e. The lowest BCUT2D eigenvalue weighted by Crippen LogP contribution is -2.14. The van der Waals surface area contributed by atoms with Crippen LogP contribution < -0.4 is 0 Å². The number of aliphatic hydroxyl groups is 3. The van der Waals surface area contributed by atoms with Crippen LogP contribution in [0.1, 0.15) is 0 Å². The van der Waals surface area contributed by atoms with Crippen molar-refractivity contribution in [2.45, 2.75) is 18.7 Å². The van der Waals surface area contributed by atoms with Gasteiger partial charge in [0.15, 0.2) is 18.7 Å². The number of aliphatic hydroxyl groups excluding tert-OH is 2. The van der Waals surface area contributed by atoms with Crippen LogP contribution in [0.25, 0.3) is 0 Å². The molecule has 0 spiro atoms. The first-order chi connectivity index (χ1) is 3.22. The summed E-state index contributed by atoms with van der Waals surface area (Å²) in [6.45, 7) is 0. The van der Waals surface area contributed by atoms with Gasteiger partial charge in [-0.1, -0.05) is 0 Å². The number of hydrogen-bond acceptors (Lipinski definition) is 4. The van der Waals surface area contributed by atoms with Gasteiger partial charge in [0.25, 0.3) is 0 Å². The van der Waals surface area contributed by atoms with E-state index >= 15 is 0 Å². The Balaban J connectivity index is 2.20. The van der Waals surface area contributed by atoms with Gasteiger partial charge in [-0.05, 0) is 0 Å². The molecule has 1 aliphatic rings. The van der Waals surface area contributed by atoms with E-state index in [1.807, 2.05) is 0 Å². The maximum atomic E-state index is 8.25. The zero-order chi connectivity index (χ0) is 5.44. The highest BCUT2D eigenvalue weighted by Crippen LogP contribution is 2.20. The molecule has 1 heterocycles. The van der Waals surface area contributed by atoms with E-state index in [0.717, 1.165) is 0 Å². The molecule has 1 rings (SSSR count). The smallest absolute Gasteiger partial charge is 0.187 e. The van der Waals surface area contributed by atoms with E-state index in [1.165, 1.54) is 0 Å². The molecule has 42 valence electrons. The second-order valence-corrected chi connectivity index (χ2v) is 1.40. The average Bonchev–Trinajstić information content (AvgIpc) is 2.17. The summed E-state index contributed by atoms with van der Waals surface area (Å²) in [7, 11) is 0. The molecule has 4 nitrogen and oxygen atoms in total. The Labute approximate surface area is 40.0 Å². The fraction of sp³-hybridized carbons (Fsp3) is 1.00. The minimum absolute atomic E-state index is 0.764. The normalized spacial score (nSPS) is 39.4. The Morgan fingerprint density at radius 1 is 1.43 bits per heavy atom. The third-order valence-corrected chi connectivity index (χ3v) is 0.795. The van der Waals surface area contributed by atoms with Crippen molar-refractivity contribution < 1.29 is 20.1 Å². The first-order valence-corrected chi connectivity index (χ1v) is 1.91. The molecule has 4 heteroatoms. The molecular weight excluding hydrogens is 100 g/mol. The fourth-order valence-electron chi connectivity index (χ4n) is 0.333. The molecule has 0 aromatic rings. The quantitative estimate of drug-likeness (QED) is 0.267. The molecule has 0 saturated carbocycles. The van der Waals surface area contributed by atoms with Crippen molar-refractivity contribution in [3.63, 3.8) is 0 Å². The molecule has 0 amide bonds. The summed E-state index contributed by atoms with van der Waals surface area (Å²) in [4.78, 5) is 0. The minimum atomic E-state index is -1.53. The maximum absolute atomic E-state index is 8.25. The lowest BCUT2D eigenvalue weighted by Gasteiger charge is -1.90. The standard InChI is InChI=1S/C3H6O4/c4-2(5)1-3(6)7-1/h1-6H/t1-,3+/m1/s1. The number of hydrogen-bond donors (Lipinski definition) is 3. The van der Waals surface area contributed by atoms with Crippen LogP contribution in [-0.4, -0.2) is 34.0 Å². The molecule has 7 heavy (non-hydrogen) atoms. The zero-order valence-electron chi connectivity index (χ0n) is 3.48. The van der Waals surface area contributed by atoms with E-state index in [9.17, 15) is 0 Å². The zero-order valence-corrected chi connectivity index (χ0v) is 3.48. The van der Waals surface area contributed by atoms with Crippen LogP contribution >= 0.6 is 0 Å². The van der Waals surface area contributed by atoms with Gasteiger partial charge in [-0.2, -0.15) is 0 Å². The topological polar surface area (TPSA) is 73.2 Å². The van der Waals surface area contributed by atoms with E-state index < -0.39 is 18.7 Å². The second kappa shape index (κ2) is 1.41. The summed E-state index contributed by atoms with van der Waals surface area (Å²) in [6, 6.07) is 0. The van der Waals surface area contributed by atoms with Crippen molar-refractivity contribution in [2.24, 2.45) is 0 Å². The predicted octanol–water partition coefficient (Wildman–Crippen LogP) is -1.99. The van der Waals surface area contributed by atoms with Crippen molar-refractivity contribution in [1.29, 1.82) is 0 Å². The highest BCUT2D eigenvalue weighted by Gasteiger charge is 2.42. The Kier molecular flexibility index (Phi) is 1.01. The van der Waals surface area contributed by atoms with Gasteiger partial charge in [-0.3, -0.25) is 0 Å². The molecule has 0 unspecified atom stereocenters. The van der Waals surface area contributed by atoms with Crippen LogP contribution in [0.5, 0.6) is 0 Å². The van der Waals surface area contributed by atoms with Gasteiger partial charge >= 0.3 is 0 Å². The SMILES string of the molecule is OC(O)[C@H]1O[C@@H]1O. The summed E-state index contributed by atoms with van der Waals surface area (Å²) in [5, 5.41) is 24.5. The summed E-state index contributed by atoms with van der Waals surface area (Å²) >= 11 is 0. The van der Waals surface area contributed by atoms with Crippen molar-refractivity contribution >= 4 is 0 Å². The Bertz CT molecular complexity index is 71.3. The van der Waals surface area contributed by atoms with Gasteiger partial charge in [0.2, 0.25) is 0 Å². The average molecular weight is 106 g/mol. The van der Waals surface area contributed by atoms with E-state index in [0.29, 0.717) is 0 Å². The van der Waals surface area contributed by atoms with Crippen molar-refractivity contribution in [3.05, 3.63) is 0 Å². The van der Waals surface area contributed by atoms with Gasteiger partial charge in [0.05, 0.1) is 0 Å². The van der Waals surface area contributed by atoms with Crippen LogP contribution in [0.3, 0.4) is 0 Å². The second-order valence-electron chi connectivity index (χ2n) is 1.40. The van der Waals surface area contributed by atoms with E-state index in [1.54, 1.807) is 0 Å².